The van der Waals surface area contributed by atoms with Crippen LogP contribution in [0, 0.1) is 10.1 Å². The van der Waals surface area contributed by atoms with Crippen molar-refractivity contribution in [2.24, 2.45) is 5.73 Å². The number of ether oxygens (including phenoxy) is 1. The maximum atomic E-state index is 12.2. The summed E-state index contributed by atoms with van der Waals surface area (Å²) in [6.45, 7) is 0.779. The Labute approximate surface area is 136 Å². The molecule has 2 aromatic rings. The fraction of sp³-hybridized carbons (Fsp3) is 0.200. The zero-order chi connectivity index (χ0) is 17.3. The average Bonchev–Trinajstić information content (AvgIpc) is 3.00. The molecular formula is C15H14N4O5. The van der Waals surface area contributed by atoms with Crippen LogP contribution in [0.2, 0.25) is 0 Å². The van der Waals surface area contributed by atoms with Gasteiger partial charge in [0.15, 0.2) is 0 Å². The van der Waals surface area contributed by atoms with Crippen LogP contribution in [-0.4, -0.2) is 45.8 Å². The number of H-pyrrole nitrogens is 1. The number of amides is 2. The van der Waals surface area contributed by atoms with Gasteiger partial charge in [0.25, 0.3) is 11.6 Å². The lowest BCUT2D eigenvalue weighted by atomic mass is 10.1. The Bertz CT molecular complexity index is 792. The van der Waals surface area contributed by atoms with Gasteiger partial charge in [0, 0.05) is 18.3 Å². The number of carbonyl (C=O) groups excluding carboxylic acids is 2. The molecule has 0 atom stereocenters. The van der Waals surface area contributed by atoms with Crippen molar-refractivity contribution < 1.29 is 19.2 Å². The number of nitrogens with zero attached hydrogens (tertiary/aromatic N) is 2. The molecule has 1 aliphatic rings. The van der Waals surface area contributed by atoms with E-state index in [1.807, 2.05) is 0 Å². The molecule has 0 saturated carbocycles. The van der Waals surface area contributed by atoms with Crippen LogP contribution in [0.4, 0.5) is 5.69 Å². The number of carbonyl (C=O) groups is 2. The molecule has 0 radical (unpaired) electrons. The summed E-state index contributed by atoms with van der Waals surface area (Å²) < 4.78 is 5.64. The first-order valence-corrected chi connectivity index (χ1v) is 7.12. The van der Waals surface area contributed by atoms with E-state index in [2.05, 4.69) is 4.98 Å². The van der Waals surface area contributed by atoms with Gasteiger partial charge in [0.05, 0.1) is 23.6 Å². The van der Waals surface area contributed by atoms with Gasteiger partial charge in [-0.25, -0.2) is 0 Å². The number of aromatic nitrogens is 1. The van der Waals surface area contributed by atoms with Crippen molar-refractivity contribution in [3.05, 3.63) is 57.9 Å². The SMILES string of the molecule is NC(=O)c1c[nH]c(C(=O)N2CC(Oc3ccc([N+](=O)[O-])cc3)C2)c1. The van der Waals surface area contributed by atoms with Crippen LogP contribution >= 0.6 is 0 Å². The molecule has 0 unspecified atom stereocenters. The number of primary amides is 1. The predicted octanol–water partition coefficient (Wildman–Crippen LogP) is 0.925. The largest absolute Gasteiger partial charge is 0.487 e. The molecule has 1 aromatic carbocycles. The van der Waals surface area contributed by atoms with Crippen LogP contribution < -0.4 is 10.5 Å². The molecular weight excluding hydrogens is 316 g/mol. The van der Waals surface area contributed by atoms with Crippen molar-refractivity contribution in [1.82, 2.24) is 9.88 Å². The van der Waals surface area contributed by atoms with E-state index < -0.39 is 10.8 Å². The summed E-state index contributed by atoms with van der Waals surface area (Å²) >= 11 is 0. The van der Waals surface area contributed by atoms with E-state index in [1.54, 1.807) is 4.90 Å². The molecule has 1 fully saturated rings. The Morgan fingerprint density at radius 2 is 1.96 bits per heavy atom. The van der Waals surface area contributed by atoms with Crippen molar-refractivity contribution in [3.63, 3.8) is 0 Å². The van der Waals surface area contributed by atoms with Gasteiger partial charge in [-0.2, -0.15) is 0 Å². The molecule has 3 rings (SSSR count). The molecule has 3 N–H and O–H groups in total. The highest BCUT2D eigenvalue weighted by Crippen LogP contribution is 2.22. The first-order valence-electron chi connectivity index (χ1n) is 7.12. The monoisotopic (exact) mass is 330 g/mol. The third kappa shape index (κ3) is 3.05. The Balaban J connectivity index is 1.54. The number of hydrogen-bond acceptors (Lipinski definition) is 5. The first kappa shape index (κ1) is 15.5. The summed E-state index contributed by atoms with van der Waals surface area (Å²) in [6, 6.07) is 7.18. The molecule has 9 nitrogen and oxygen atoms in total. The van der Waals surface area contributed by atoms with Crippen LogP contribution in [-0.2, 0) is 0 Å². The summed E-state index contributed by atoms with van der Waals surface area (Å²) in [4.78, 5) is 37.6. The smallest absolute Gasteiger partial charge is 0.270 e. The third-order valence-electron chi connectivity index (χ3n) is 3.68. The molecule has 0 bridgehead atoms. The molecule has 1 saturated heterocycles. The van der Waals surface area contributed by atoms with Crippen molar-refractivity contribution in [2.45, 2.75) is 6.10 Å². The number of aromatic amines is 1. The van der Waals surface area contributed by atoms with Crippen LogP contribution in [0.15, 0.2) is 36.5 Å². The van der Waals surface area contributed by atoms with Gasteiger partial charge in [-0.1, -0.05) is 0 Å². The van der Waals surface area contributed by atoms with Gasteiger partial charge in [-0.05, 0) is 18.2 Å². The zero-order valence-corrected chi connectivity index (χ0v) is 12.5. The fourth-order valence-corrected chi connectivity index (χ4v) is 2.35. The number of nitrogens with one attached hydrogen (secondary N) is 1. The second-order valence-corrected chi connectivity index (χ2v) is 5.37. The van der Waals surface area contributed by atoms with Crippen molar-refractivity contribution in [2.75, 3.05) is 13.1 Å². The topological polar surface area (TPSA) is 132 Å². The average molecular weight is 330 g/mol. The number of likely N-dealkylation sites (tertiary alicyclic amines) is 1. The van der Waals surface area contributed by atoms with E-state index in [0.29, 0.717) is 18.8 Å². The summed E-state index contributed by atoms with van der Waals surface area (Å²) in [6.07, 6.45) is 1.21. The predicted molar refractivity (Wildman–Crippen MR) is 82.7 cm³/mol. The minimum absolute atomic E-state index is 0.00948. The number of hydrogen-bond donors (Lipinski definition) is 2. The van der Waals surface area contributed by atoms with Crippen LogP contribution in [0.5, 0.6) is 5.75 Å². The zero-order valence-electron chi connectivity index (χ0n) is 12.5. The molecule has 1 aromatic heterocycles. The van der Waals surface area contributed by atoms with Gasteiger partial charge in [-0.15, -0.1) is 0 Å². The highest BCUT2D eigenvalue weighted by Gasteiger charge is 2.33. The highest BCUT2D eigenvalue weighted by molar-refractivity contribution is 5.98. The summed E-state index contributed by atoms with van der Waals surface area (Å²) in [7, 11) is 0. The molecule has 24 heavy (non-hydrogen) atoms. The highest BCUT2D eigenvalue weighted by atomic mass is 16.6. The molecule has 0 aliphatic carbocycles. The van der Waals surface area contributed by atoms with E-state index >= 15 is 0 Å². The first-order chi connectivity index (χ1) is 11.4. The molecule has 2 heterocycles. The van der Waals surface area contributed by atoms with Crippen molar-refractivity contribution in [1.29, 1.82) is 0 Å². The fourth-order valence-electron chi connectivity index (χ4n) is 2.35. The molecule has 0 spiro atoms. The second kappa shape index (κ2) is 6.03. The normalized spacial score (nSPS) is 14.1. The molecule has 9 heteroatoms. The standard InChI is InChI=1S/C15H14N4O5/c16-14(20)9-5-13(17-6-9)15(21)18-7-12(8-18)24-11-3-1-10(2-4-11)19(22)23/h1-6,12,17H,7-8H2,(H2,16,20). The Kier molecular flexibility index (Phi) is 3.90. The molecule has 2 amide bonds. The van der Waals surface area contributed by atoms with E-state index in [4.69, 9.17) is 10.5 Å². The van der Waals surface area contributed by atoms with Gasteiger partial charge >= 0.3 is 0 Å². The van der Waals surface area contributed by atoms with Gasteiger partial charge in [0.2, 0.25) is 5.91 Å². The summed E-state index contributed by atoms with van der Waals surface area (Å²) in [5.74, 6) is -0.340. The number of nitro groups is 1. The van der Waals surface area contributed by atoms with Crippen LogP contribution in [0.3, 0.4) is 0 Å². The van der Waals surface area contributed by atoms with Crippen LogP contribution in [0.1, 0.15) is 20.8 Å². The van der Waals surface area contributed by atoms with E-state index in [0.717, 1.165) is 0 Å². The Morgan fingerprint density at radius 3 is 2.50 bits per heavy atom. The lowest BCUT2D eigenvalue weighted by Crippen LogP contribution is -2.56. The van der Waals surface area contributed by atoms with Crippen molar-refractivity contribution in [3.8, 4) is 5.75 Å². The van der Waals surface area contributed by atoms with Crippen LogP contribution in [0.25, 0.3) is 0 Å². The number of non-ortho nitro benzene ring substituents is 1. The minimum Gasteiger partial charge on any atom is -0.487 e. The Hall–Kier alpha value is -3.36. The van der Waals surface area contributed by atoms with Gasteiger partial charge < -0.3 is 20.4 Å². The maximum Gasteiger partial charge on any atom is 0.270 e. The Morgan fingerprint density at radius 1 is 1.29 bits per heavy atom. The second-order valence-electron chi connectivity index (χ2n) is 5.37. The third-order valence-corrected chi connectivity index (χ3v) is 3.68. The van der Waals surface area contributed by atoms with Gasteiger partial charge in [-0.3, -0.25) is 19.7 Å². The summed E-state index contributed by atoms with van der Waals surface area (Å²) in [5, 5.41) is 10.6. The van der Waals surface area contributed by atoms with E-state index in [9.17, 15) is 19.7 Å². The quantitative estimate of drug-likeness (QED) is 0.621. The van der Waals surface area contributed by atoms with E-state index in [1.165, 1.54) is 36.5 Å². The van der Waals surface area contributed by atoms with Gasteiger partial charge in [0.1, 0.15) is 17.5 Å². The lowest BCUT2D eigenvalue weighted by molar-refractivity contribution is -0.384. The lowest BCUT2D eigenvalue weighted by Gasteiger charge is -2.38. The summed E-state index contributed by atoms with van der Waals surface area (Å²) in [5.41, 5.74) is 5.67. The number of rotatable bonds is 5. The molecule has 124 valence electrons. The number of benzene rings is 1. The molecule has 1 aliphatic heterocycles. The van der Waals surface area contributed by atoms with E-state index in [-0.39, 0.29) is 29.0 Å². The maximum absolute atomic E-state index is 12.2. The number of nitrogens with two attached hydrogens (primary N) is 1. The minimum atomic E-state index is -0.603. The number of nitro benzene ring substituents is 1. The van der Waals surface area contributed by atoms with Crippen molar-refractivity contribution >= 4 is 17.5 Å².